The molecule has 0 atom stereocenters. The van der Waals surface area contributed by atoms with Crippen LogP contribution < -0.4 is 14.9 Å². The van der Waals surface area contributed by atoms with Gasteiger partial charge < -0.3 is 9.47 Å². The number of thiophene rings is 1. The number of hydrogen-bond donors (Lipinski definition) is 0. The highest BCUT2D eigenvalue weighted by atomic mass is 127. The average molecular weight is 506 g/mol. The van der Waals surface area contributed by atoms with Crippen molar-refractivity contribution in [2.75, 3.05) is 7.11 Å². The first-order valence-corrected chi connectivity index (χ1v) is 12.4. The summed E-state index contributed by atoms with van der Waals surface area (Å²) < 4.78 is 12.7. The van der Waals surface area contributed by atoms with Crippen LogP contribution in [-0.2, 0) is 0 Å². The van der Waals surface area contributed by atoms with E-state index in [1.54, 1.807) is 7.11 Å². The van der Waals surface area contributed by atoms with E-state index >= 15 is 0 Å². The van der Waals surface area contributed by atoms with E-state index in [-0.39, 0.29) is 5.43 Å². The van der Waals surface area contributed by atoms with E-state index in [4.69, 9.17) is 9.47 Å². The Labute approximate surface area is 176 Å². The summed E-state index contributed by atoms with van der Waals surface area (Å²) in [6.45, 7) is 2.02. The van der Waals surface area contributed by atoms with Crippen LogP contribution in [0.5, 0.6) is 17.2 Å². The van der Waals surface area contributed by atoms with Gasteiger partial charge in [0.1, 0.15) is 16.4 Å². The molecule has 0 fully saturated rings. The molecule has 0 saturated carbocycles. The summed E-state index contributed by atoms with van der Waals surface area (Å²) in [7, 11) is 3.02. The van der Waals surface area contributed by atoms with E-state index in [2.05, 4.69) is 27.3 Å². The van der Waals surface area contributed by atoms with Gasteiger partial charge in [-0.25, -0.2) is 0 Å². The average Bonchev–Trinajstić information content (AvgIpc) is 3.14. The molecule has 0 saturated heterocycles. The number of ether oxygens (including phenoxy) is 2. The molecule has 0 aliphatic carbocycles. The molecule has 136 valence electrons. The van der Waals surface area contributed by atoms with Crippen molar-refractivity contribution in [2.24, 2.45) is 0 Å². The molecule has 6 heteroatoms. The predicted molar refractivity (Wildman–Crippen MR) is 123 cm³/mol. The second-order valence-corrected chi connectivity index (χ2v) is 8.83. The first-order valence-electron chi connectivity index (χ1n) is 8.21. The topological polar surface area (TPSA) is 35.5 Å². The van der Waals surface area contributed by atoms with Gasteiger partial charge in [-0.2, -0.15) is 0 Å². The normalized spacial score (nSPS) is 11.1. The third-order valence-corrected chi connectivity index (χ3v) is 7.07. The lowest BCUT2D eigenvalue weighted by Crippen LogP contribution is -2.00. The molecule has 0 radical (unpaired) electrons. The zero-order chi connectivity index (χ0) is 19.0. The summed E-state index contributed by atoms with van der Waals surface area (Å²) in [5, 5.41) is 4.66. The molecule has 3 aromatic carbocycles. The molecule has 0 aliphatic rings. The van der Waals surface area contributed by atoms with Crippen molar-refractivity contribution in [2.45, 2.75) is 11.8 Å². The van der Waals surface area contributed by atoms with E-state index in [0.717, 1.165) is 26.4 Å². The number of methoxy groups -OCH3 is 1. The largest absolute Gasteiger partial charge is 0.496 e. The number of aryl methyl sites for hydroxylation is 1. The third kappa shape index (κ3) is 3.30. The maximum absolute atomic E-state index is 13.3. The van der Waals surface area contributed by atoms with Crippen LogP contribution in [0.25, 0.3) is 20.9 Å². The van der Waals surface area contributed by atoms with E-state index in [1.807, 2.05) is 54.8 Å². The summed E-state index contributed by atoms with van der Waals surface area (Å²) in [6, 6.07) is 15.6. The van der Waals surface area contributed by atoms with Gasteiger partial charge in [0.2, 0.25) is 5.43 Å². The minimum atomic E-state index is -0.0127. The zero-order valence-corrected chi connectivity index (χ0v) is 18.4. The third-order valence-electron chi connectivity index (χ3n) is 4.31. The summed E-state index contributed by atoms with van der Waals surface area (Å²) in [5.74, 6) is 1.92. The Bertz CT molecular complexity index is 1200. The first-order chi connectivity index (χ1) is 13.1. The van der Waals surface area contributed by atoms with Crippen LogP contribution >= 0.6 is 41.5 Å². The van der Waals surface area contributed by atoms with E-state index in [1.165, 1.54) is 20.3 Å². The minimum Gasteiger partial charge on any atom is -0.496 e. The molecule has 0 amide bonds. The second-order valence-electron chi connectivity index (χ2n) is 6.03. The molecule has 3 nitrogen and oxygen atoms in total. The fourth-order valence-electron chi connectivity index (χ4n) is 3.15. The number of fused-ring (bicyclic) bond motifs is 3. The minimum absolute atomic E-state index is 0.0127. The number of benzene rings is 2. The molecule has 27 heavy (non-hydrogen) atoms. The molecule has 0 bridgehead atoms. The Balaban J connectivity index is 2.23. The quantitative estimate of drug-likeness (QED) is 0.280. The van der Waals surface area contributed by atoms with Crippen molar-refractivity contribution in [3.05, 3.63) is 69.7 Å². The van der Waals surface area contributed by atoms with Crippen molar-refractivity contribution in [1.82, 2.24) is 0 Å². The zero-order valence-electron chi connectivity index (χ0n) is 14.6. The molecule has 0 N–H and O–H groups in total. The van der Waals surface area contributed by atoms with Crippen molar-refractivity contribution >= 4 is 62.3 Å². The molecule has 1 heterocycles. The fraction of sp³-hybridized carbons (Fsp3) is 0.0952. The molecule has 0 spiro atoms. The molecule has 1 aromatic heterocycles. The van der Waals surface area contributed by atoms with Gasteiger partial charge in [-0.1, -0.05) is 24.3 Å². The Kier molecular flexibility index (Phi) is 5.29. The Morgan fingerprint density at radius 3 is 2.56 bits per heavy atom. The van der Waals surface area contributed by atoms with Crippen LogP contribution in [0.1, 0.15) is 5.56 Å². The molecular formula is C21H15IO3S2. The molecule has 0 unspecified atom stereocenters. The van der Waals surface area contributed by atoms with Gasteiger partial charge in [0.05, 0.1) is 17.2 Å². The van der Waals surface area contributed by atoms with Crippen LogP contribution in [0, 0.1) is 6.92 Å². The van der Waals surface area contributed by atoms with Crippen molar-refractivity contribution in [3.8, 4) is 17.2 Å². The SMILES string of the molecule is COc1cc(C)cc2c1c(Oc1ccccc1)c(SI)c(=O)c1sccc12. The van der Waals surface area contributed by atoms with Gasteiger partial charge >= 0.3 is 0 Å². The Hall–Kier alpha value is -1.77. The van der Waals surface area contributed by atoms with Crippen molar-refractivity contribution in [3.63, 3.8) is 0 Å². The summed E-state index contributed by atoms with van der Waals surface area (Å²) in [6.07, 6.45) is 0. The van der Waals surface area contributed by atoms with Crippen molar-refractivity contribution in [1.29, 1.82) is 0 Å². The lowest BCUT2D eigenvalue weighted by Gasteiger charge is -2.13. The van der Waals surface area contributed by atoms with Crippen LogP contribution in [0.3, 0.4) is 0 Å². The van der Waals surface area contributed by atoms with Gasteiger partial charge in [0.15, 0.2) is 5.75 Å². The maximum atomic E-state index is 13.3. The van der Waals surface area contributed by atoms with Crippen LogP contribution in [0.2, 0.25) is 0 Å². The van der Waals surface area contributed by atoms with Gasteiger partial charge in [0, 0.05) is 26.6 Å². The lowest BCUT2D eigenvalue weighted by molar-refractivity contribution is 0.416. The van der Waals surface area contributed by atoms with Crippen LogP contribution in [-0.4, -0.2) is 7.11 Å². The predicted octanol–water partition coefficient (Wildman–Crippen LogP) is 6.97. The summed E-state index contributed by atoms with van der Waals surface area (Å²) >= 11 is 3.61. The monoisotopic (exact) mass is 506 g/mol. The van der Waals surface area contributed by atoms with Gasteiger partial charge in [-0.05, 0) is 56.5 Å². The molecule has 0 aliphatic heterocycles. The van der Waals surface area contributed by atoms with Gasteiger partial charge in [-0.3, -0.25) is 4.79 Å². The Morgan fingerprint density at radius 2 is 1.85 bits per heavy atom. The maximum Gasteiger partial charge on any atom is 0.214 e. The number of hydrogen-bond acceptors (Lipinski definition) is 5. The molecule has 4 aromatic rings. The molecule has 4 rings (SSSR count). The standard InChI is InChI=1S/C21H15IO3S2/c1-12-10-15-14-8-9-26-20(14)18(23)21(27-22)19(17(15)16(11-12)24-2)25-13-6-4-3-5-7-13/h3-11H,1-2H3. The van der Waals surface area contributed by atoms with Crippen LogP contribution in [0.4, 0.5) is 0 Å². The van der Waals surface area contributed by atoms with E-state index in [9.17, 15) is 4.79 Å². The van der Waals surface area contributed by atoms with Gasteiger partial charge in [0.25, 0.3) is 0 Å². The van der Waals surface area contributed by atoms with E-state index < -0.39 is 0 Å². The first kappa shape index (κ1) is 18.6. The number of para-hydroxylation sites is 1. The number of rotatable bonds is 4. The highest BCUT2D eigenvalue weighted by molar-refractivity contribution is 14.2. The highest BCUT2D eigenvalue weighted by Gasteiger charge is 2.20. The second kappa shape index (κ2) is 7.69. The fourth-order valence-corrected chi connectivity index (χ4v) is 5.66. The highest BCUT2D eigenvalue weighted by Crippen LogP contribution is 2.45. The van der Waals surface area contributed by atoms with Crippen molar-refractivity contribution < 1.29 is 9.47 Å². The summed E-state index contributed by atoms with van der Waals surface area (Å²) in [4.78, 5) is 13.9. The van der Waals surface area contributed by atoms with Crippen LogP contribution in [0.15, 0.2) is 63.6 Å². The number of halogens is 1. The Morgan fingerprint density at radius 1 is 1.07 bits per heavy atom. The lowest BCUT2D eigenvalue weighted by atomic mass is 10.1. The summed E-state index contributed by atoms with van der Waals surface area (Å²) in [5.41, 5.74) is 1.06. The smallest absolute Gasteiger partial charge is 0.214 e. The van der Waals surface area contributed by atoms with Gasteiger partial charge in [-0.15, -0.1) is 11.3 Å². The molecular weight excluding hydrogens is 491 g/mol. The van der Waals surface area contributed by atoms with E-state index in [0.29, 0.717) is 22.1 Å².